The van der Waals surface area contributed by atoms with E-state index in [9.17, 15) is 9.59 Å². The molecule has 1 aromatic carbocycles. The number of likely N-dealkylation sites (tertiary alicyclic amines) is 1. The second-order valence-electron chi connectivity index (χ2n) is 5.82. The summed E-state index contributed by atoms with van der Waals surface area (Å²) in [6, 6.07) is 5.17. The summed E-state index contributed by atoms with van der Waals surface area (Å²) in [6.07, 6.45) is 1.48. The first-order valence-corrected chi connectivity index (χ1v) is 8.84. The van der Waals surface area contributed by atoms with Gasteiger partial charge in [0, 0.05) is 5.69 Å². The van der Waals surface area contributed by atoms with Gasteiger partial charge in [-0.1, -0.05) is 23.2 Å². The predicted octanol–water partition coefficient (Wildman–Crippen LogP) is 3.25. The Morgan fingerprint density at radius 2 is 1.96 bits per heavy atom. The average Bonchev–Trinajstić information content (AvgIpc) is 2.57. The van der Waals surface area contributed by atoms with Crippen LogP contribution in [-0.4, -0.2) is 49.4 Å². The van der Waals surface area contributed by atoms with Gasteiger partial charge in [-0.25, -0.2) is 0 Å². The monoisotopic (exact) mass is 372 g/mol. The average molecular weight is 373 g/mol. The van der Waals surface area contributed by atoms with E-state index in [1.807, 2.05) is 6.92 Å². The van der Waals surface area contributed by atoms with Gasteiger partial charge in [0.25, 0.3) is 0 Å². The minimum atomic E-state index is -0.121. The first kappa shape index (κ1) is 19.0. The Balaban J connectivity index is 1.71. The smallest absolute Gasteiger partial charge is 0.309 e. The number of rotatable bonds is 7. The summed E-state index contributed by atoms with van der Waals surface area (Å²) in [5, 5.41) is 3.99. The highest BCUT2D eigenvalue weighted by atomic mass is 35.5. The number of nitrogens with one attached hydrogen (secondary N) is 1. The number of ketones is 1. The van der Waals surface area contributed by atoms with Gasteiger partial charge in [0.15, 0.2) is 5.78 Å². The standard InChI is InChI=1S/C17H22Cl2N2O3/c1-2-24-17(23)12-5-7-21(8-6-12)11-14(22)10-20-13-3-4-15(18)16(19)9-13/h3-4,9,12,20H,2,5-8,10-11H2,1H3. The number of esters is 1. The molecule has 2 rings (SSSR count). The first-order valence-electron chi connectivity index (χ1n) is 8.09. The van der Waals surface area contributed by atoms with E-state index in [1.54, 1.807) is 18.2 Å². The molecule has 132 valence electrons. The lowest BCUT2D eigenvalue weighted by atomic mass is 9.97. The number of hydrogen-bond donors (Lipinski definition) is 1. The van der Waals surface area contributed by atoms with Gasteiger partial charge in [0.05, 0.1) is 35.7 Å². The van der Waals surface area contributed by atoms with Crippen molar-refractivity contribution in [2.45, 2.75) is 19.8 Å². The van der Waals surface area contributed by atoms with Crippen LogP contribution in [0.1, 0.15) is 19.8 Å². The fourth-order valence-corrected chi connectivity index (χ4v) is 3.00. The van der Waals surface area contributed by atoms with Crippen LogP contribution in [0.3, 0.4) is 0 Å². The normalized spacial score (nSPS) is 16.0. The molecule has 0 aliphatic carbocycles. The van der Waals surface area contributed by atoms with E-state index in [-0.39, 0.29) is 24.2 Å². The Morgan fingerprint density at radius 3 is 2.58 bits per heavy atom. The molecule has 0 radical (unpaired) electrons. The van der Waals surface area contributed by atoms with Crippen LogP contribution < -0.4 is 5.32 Å². The Labute approximate surface area is 152 Å². The molecule has 5 nitrogen and oxygen atoms in total. The first-order chi connectivity index (χ1) is 11.5. The highest BCUT2D eigenvalue weighted by Crippen LogP contribution is 2.25. The molecule has 0 amide bonds. The van der Waals surface area contributed by atoms with Crippen molar-refractivity contribution in [1.29, 1.82) is 0 Å². The largest absolute Gasteiger partial charge is 0.466 e. The number of halogens is 2. The Morgan fingerprint density at radius 1 is 1.25 bits per heavy atom. The molecule has 1 aromatic rings. The molecule has 1 aliphatic heterocycles. The van der Waals surface area contributed by atoms with E-state index in [0.717, 1.165) is 31.6 Å². The van der Waals surface area contributed by atoms with Crippen LogP contribution in [0.5, 0.6) is 0 Å². The van der Waals surface area contributed by atoms with Gasteiger partial charge in [-0.15, -0.1) is 0 Å². The fraction of sp³-hybridized carbons (Fsp3) is 0.529. The maximum Gasteiger partial charge on any atom is 0.309 e. The third kappa shape index (κ3) is 5.65. The van der Waals surface area contributed by atoms with E-state index in [2.05, 4.69) is 10.2 Å². The van der Waals surface area contributed by atoms with Crippen LogP contribution in [0, 0.1) is 5.92 Å². The molecule has 1 aliphatic rings. The quantitative estimate of drug-likeness (QED) is 0.744. The van der Waals surface area contributed by atoms with Crippen molar-refractivity contribution >= 4 is 40.6 Å². The molecule has 0 spiro atoms. The summed E-state index contributed by atoms with van der Waals surface area (Å²) >= 11 is 11.8. The molecular formula is C17H22Cl2N2O3. The Hall–Kier alpha value is -1.30. The molecule has 0 bridgehead atoms. The number of anilines is 1. The molecule has 0 atom stereocenters. The molecule has 24 heavy (non-hydrogen) atoms. The molecule has 0 aromatic heterocycles. The summed E-state index contributed by atoms with van der Waals surface area (Å²) in [5.74, 6) is -0.0638. The number of carbonyl (C=O) groups is 2. The lowest BCUT2D eigenvalue weighted by Gasteiger charge is -2.30. The van der Waals surface area contributed by atoms with Crippen molar-refractivity contribution in [2.24, 2.45) is 5.92 Å². The van der Waals surface area contributed by atoms with Gasteiger partial charge in [0.2, 0.25) is 0 Å². The summed E-state index contributed by atoms with van der Waals surface area (Å²) in [5.41, 5.74) is 0.763. The molecule has 0 unspecified atom stereocenters. The van der Waals surface area contributed by atoms with Crippen LogP contribution in [-0.2, 0) is 14.3 Å². The zero-order chi connectivity index (χ0) is 17.5. The van der Waals surface area contributed by atoms with Crippen molar-refractivity contribution in [3.63, 3.8) is 0 Å². The van der Waals surface area contributed by atoms with Gasteiger partial charge >= 0.3 is 5.97 Å². The van der Waals surface area contributed by atoms with Crippen molar-refractivity contribution in [2.75, 3.05) is 38.1 Å². The number of benzene rings is 1. The third-order valence-electron chi connectivity index (χ3n) is 4.02. The summed E-state index contributed by atoms with van der Waals surface area (Å²) in [4.78, 5) is 25.9. The van der Waals surface area contributed by atoms with Crippen molar-refractivity contribution in [3.05, 3.63) is 28.2 Å². The molecule has 1 N–H and O–H groups in total. The second-order valence-corrected chi connectivity index (χ2v) is 6.64. The van der Waals surface area contributed by atoms with Crippen molar-refractivity contribution in [3.8, 4) is 0 Å². The summed E-state index contributed by atoms with van der Waals surface area (Å²) in [7, 11) is 0. The van der Waals surface area contributed by atoms with E-state index >= 15 is 0 Å². The zero-order valence-corrected chi connectivity index (χ0v) is 15.2. The highest BCUT2D eigenvalue weighted by Gasteiger charge is 2.26. The van der Waals surface area contributed by atoms with E-state index in [1.165, 1.54) is 0 Å². The van der Waals surface area contributed by atoms with Gasteiger partial charge in [-0.05, 0) is 51.1 Å². The number of carbonyl (C=O) groups excluding carboxylic acids is 2. The molecule has 7 heteroatoms. The number of Topliss-reactive ketones (excluding diaryl/α,β-unsaturated/α-hetero) is 1. The minimum Gasteiger partial charge on any atom is -0.466 e. The molecule has 1 saturated heterocycles. The van der Waals surface area contributed by atoms with E-state index < -0.39 is 0 Å². The van der Waals surface area contributed by atoms with E-state index in [0.29, 0.717) is 23.2 Å². The van der Waals surface area contributed by atoms with Crippen molar-refractivity contribution < 1.29 is 14.3 Å². The van der Waals surface area contributed by atoms with Crippen LogP contribution in [0.15, 0.2) is 18.2 Å². The van der Waals surface area contributed by atoms with E-state index in [4.69, 9.17) is 27.9 Å². The topological polar surface area (TPSA) is 58.6 Å². The molecule has 0 saturated carbocycles. The number of ether oxygens (including phenoxy) is 1. The van der Waals surface area contributed by atoms with Gasteiger partial charge in [-0.3, -0.25) is 14.5 Å². The third-order valence-corrected chi connectivity index (χ3v) is 4.76. The number of hydrogen-bond acceptors (Lipinski definition) is 5. The summed E-state index contributed by atoms with van der Waals surface area (Å²) < 4.78 is 5.05. The lowest BCUT2D eigenvalue weighted by molar-refractivity contribution is -0.149. The SMILES string of the molecule is CCOC(=O)C1CCN(CC(=O)CNc2ccc(Cl)c(Cl)c2)CC1. The van der Waals surface area contributed by atoms with Gasteiger partial charge < -0.3 is 10.1 Å². The number of piperidine rings is 1. The summed E-state index contributed by atoms with van der Waals surface area (Å²) in [6.45, 7) is 4.31. The number of nitrogens with zero attached hydrogens (tertiary/aromatic N) is 1. The molecule has 1 fully saturated rings. The van der Waals surface area contributed by atoms with Crippen LogP contribution in [0.25, 0.3) is 0 Å². The van der Waals surface area contributed by atoms with Crippen LogP contribution in [0.4, 0.5) is 5.69 Å². The minimum absolute atomic E-state index is 0.0364. The Bertz CT molecular complexity index is 587. The van der Waals surface area contributed by atoms with Crippen LogP contribution >= 0.6 is 23.2 Å². The highest BCUT2D eigenvalue weighted by molar-refractivity contribution is 6.42. The zero-order valence-electron chi connectivity index (χ0n) is 13.7. The van der Waals surface area contributed by atoms with Crippen molar-refractivity contribution in [1.82, 2.24) is 4.90 Å². The fourth-order valence-electron chi connectivity index (χ4n) is 2.70. The van der Waals surface area contributed by atoms with Gasteiger partial charge in [0.1, 0.15) is 0 Å². The lowest BCUT2D eigenvalue weighted by Crippen LogP contribution is -2.40. The van der Waals surface area contributed by atoms with Gasteiger partial charge in [-0.2, -0.15) is 0 Å². The Kier molecular flexibility index (Phi) is 7.34. The molecule has 1 heterocycles. The van der Waals surface area contributed by atoms with Crippen LogP contribution in [0.2, 0.25) is 10.0 Å². The second kappa shape index (κ2) is 9.25. The predicted molar refractivity (Wildman–Crippen MR) is 95.8 cm³/mol. The maximum atomic E-state index is 12.1. The maximum absolute atomic E-state index is 12.1. The molecular weight excluding hydrogens is 351 g/mol.